The van der Waals surface area contributed by atoms with E-state index in [9.17, 15) is 14.7 Å². The van der Waals surface area contributed by atoms with Crippen molar-refractivity contribution >= 4 is 11.9 Å². The van der Waals surface area contributed by atoms with Crippen LogP contribution in [-0.2, 0) is 9.59 Å². The number of hydrazine groups is 1. The first kappa shape index (κ1) is 12.8. The number of carboxylic acids is 2. The van der Waals surface area contributed by atoms with Crippen molar-refractivity contribution in [3.63, 3.8) is 0 Å². The fourth-order valence-corrected chi connectivity index (χ4v) is 1.56. The summed E-state index contributed by atoms with van der Waals surface area (Å²) >= 11 is 0. The Morgan fingerprint density at radius 1 is 1.44 bits per heavy atom. The number of β-amino-alcohol motifs (C(OH)–C–C–N with tert-alkyl or cyclic N) is 1. The molecular formula is C8H14N2O6. The second kappa shape index (κ2) is 5.21. The molecule has 92 valence electrons. The number of aliphatic hydroxyl groups excluding tert-OH is 2. The minimum atomic E-state index is -1.28. The van der Waals surface area contributed by atoms with Crippen molar-refractivity contribution < 1.29 is 30.0 Å². The molecule has 8 heteroatoms. The molecule has 1 saturated heterocycles. The van der Waals surface area contributed by atoms with Crippen LogP contribution in [0.25, 0.3) is 0 Å². The number of rotatable bonds is 5. The van der Waals surface area contributed by atoms with Crippen LogP contribution >= 0.6 is 0 Å². The van der Waals surface area contributed by atoms with Crippen molar-refractivity contribution in [2.75, 3.05) is 13.2 Å². The summed E-state index contributed by atoms with van der Waals surface area (Å²) in [6.45, 7) is -0.644. The van der Waals surface area contributed by atoms with E-state index in [1.165, 1.54) is 0 Å². The monoisotopic (exact) mass is 234 g/mol. The van der Waals surface area contributed by atoms with E-state index in [1.54, 1.807) is 0 Å². The maximum atomic E-state index is 10.8. The lowest BCUT2D eigenvalue weighted by Gasteiger charge is -2.24. The van der Waals surface area contributed by atoms with Gasteiger partial charge in [0.25, 0.3) is 0 Å². The summed E-state index contributed by atoms with van der Waals surface area (Å²) in [5, 5.41) is 36.7. The molecule has 0 aliphatic carbocycles. The molecule has 1 aliphatic rings. The van der Waals surface area contributed by atoms with Gasteiger partial charge in [-0.3, -0.25) is 9.59 Å². The molecule has 0 amide bonds. The van der Waals surface area contributed by atoms with E-state index in [0.717, 1.165) is 5.01 Å². The van der Waals surface area contributed by atoms with E-state index in [4.69, 9.17) is 15.3 Å². The molecule has 5 N–H and O–H groups in total. The lowest BCUT2D eigenvalue weighted by molar-refractivity contribution is -0.148. The second-order valence-corrected chi connectivity index (χ2v) is 3.60. The third kappa shape index (κ3) is 2.89. The largest absolute Gasteiger partial charge is 0.480 e. The fourth-order valence-electron chi connectivity index (χ4n) is 1.56. The van der Waals surface area contributed by atoms with Gasteiger partial charge in [-0.1, -0.05) is 0 Å². The maximum Gasteiger partial charge on any atom is 0.324 e. The van der Waals surface area contributed by atoms with Crippen molar-refractivity contribution in [1.29, 1.82) is 0 Å². The van der Waals surface area contributed by atoms with Crippen molar-refractivity contribution in [3.05, 3.63) is 0 Å². The normalized spacial score (nSPS) is 27.9. The third-order valence-electron chi connectivity index (χ3n) is 2.37. The molecular weight excluding hydrogens is 220 g/mol. The summed E-state index contributed by atoms with van der Waals surface area (Å²) < 4.78 is 0. The van der Waals surface area contributed by atoms with Gasteiger partial charge in [-0.15, -0.1) is 0 Å². The Morgan fingerprint density at radius 2 is 2.06 bits per heavy atom. The van der Waals surface area contributed by atoms with Gasteiger partial charge in [0.1, 0.15) is 12.1 Å². The fraction of sp³-hybridized carbons (Fsp3) is 0.750. The molecule has 0 aromatic heterocycles. The minimum absolute atomic E-state index is 0.0146. The zero-order valence-corrected chi connectivity index (χ0v) is 8.41. The Balaban J connectivity index is 2.64. The number of hydrogen-bond donors (Lipinski definition) is 5. The van der Waals surface area contributed by atoms with Gasteiger partial charge in [-0.05, 0) is 0 Å². The molecule has 0 bridgehead atoms. The van der Waals surface area contributed by atoms with Gasteiger partial charge in [0.15, 0.2) is 0 Å². The summed E-state index contributed by atoms with van der Waals surface area (Å²) in [5.74, 6) is -2.43. The van der Waals surface area contributed by atoms with E-state index < -0.39 is 36.7 Å². The average molecular weight is 234 g/mol. The van der Waals surface area contributed by atoms with Gasteiger partial charge in [0.2, 0.25) is 0 Å². The average Bonchev–Trinajstić information content (AvgIpc) is 2.55. The van der Waals surface area contributed by atoms with Gasteiger partial charge < -0.3 is 20.4 Å². The summed E-state index contributed by atoms with van der Waals surface area (Å²) in [7, 11) is 0. The summed E-state index contributed by atoms with van der Waals surface area (Å²) in [6, 6.07) is -2.25. The lowest BCUT2D eigenvalue weighted by atomic mass is 10.2. The molecule has 1 heterocycles. The van der Waals surface area contributed by atoms with Crippen molar-refractivity contribution in [3.8, 4) is 0 Å². The molecule has 8 nitrogen and oxygen atoms in total. The Kier molecular flexibility index (Phi) is 4.19. The first-order chi connectivity index (χ1) is 7.45. The number of hydrogen-bond acceptors (Lipinski definition) is 6. The Labute approximate surface area is 91.1 Å². The number of nitrogens with one attached hydrogen (secondary N) is 1. The van der Waals surface area contributed by atoms with E-state index in [-0.39, 0.29) is 13.0 Å². The molecule has 1 aliphatic heterocycles. The lowest BCUT2D eigenvalue weighted by Crippen LogP contribution is -2.54. The van der Waals surface area contributed by atoms with Crippen molar-refractivity contribution in [2.24, 2.45) is 0 Å². The van der Waals surface area contributed by atoms with Crippen LogP contribution in [0.15, 0.2) is 0 Å². The van der Waals surface area contributed by atoms with Crippen LogP contribution in [-0.4, -0.2) is 68.7 Å². The first-order valence-electron chi connectivity index (χ1n) is 4.73. The first-order valence-corrected chi connectivity index (χ1v) is 4.73. The van der Waals surface area contributed by atoms with E-state index in [1.807, 2.05) is 0 Å². The standard InChI is InChI=1S/C8H14N2O6/c11-3-5(7(13)14)9-10-2-4(12)1-6(10)8(15)16/h4-6,9,11-12H,1-3H2,(H,13,14)(H,15,16)/t4?,5-,6+/m1/s1. The van der Waals surface area contributed by atoms with Crippen molar-refractivity contribution in [1.82, 2.24) is 10.4 Å². The quantitative estimate of drug-likeness (QED) is 0.351. The maximum absolute atomic E-state index is 10.8. The van der Waals surface area contributed by atoms with E-state index in [0.29, 0.717) is 0 Å². The summed E-state index contributed by atoms with van der Waals surface area (Å²) in [5.41, 5.74) is 2.37. The van der Waals surface area contributed by atoms with Gasteiger partial charge in [0, 0.05) is 13.0 Å². The number of nitrogens with zero attached hydrogens (tertiary/aromatic N) is 1. The Hall–Kier alpha value is -1.22. The molecule has 0 spiro atoms. The van der Waals surface area contributed by atoms with Crippen LogP contribution in [0.1, 0.15) is 6.42 Å². The molecule has 0 aromatic carbocycles. The van der Waals surface area contributed by atoms with Gasteiger partial charge in [-0.25, -0.2) is 10.4 Å². The Bertz CT molecular complexity index is 284. The summed E-state index contributed by atoms with van der Waals surface area (Å²) in [6.07, 6.45) is -0.790. The number of aliphatic carboxylic acids is 2. The highest BCUT2D eigenvalue weighted by atomic mass is 16.4. The second-order valence-electron chi connectivity index (χ2n) is 3.60. The molecule has 1 fully saturated rings. The van der Waals surface area contributed by atoms with Crippen LogP contribution in [0.4, 0.5) is 0 Å². The van der Waals surface area contributed by atoms with Crippen LogP contribution in [0.3, 0.4) is 0 Å². The van der Waals surface area contributed by atoms with Crippen LogP contribution in [0.2, 0.25) is 0 Å². The summed E-state index contributed by atoms with van der Waals surface area (Å²) in [4.78, 5) is 21.4. The predicted molar refractivity (Wildman–Crippen MR) is 50.4 cm³/mol. The van der Waals surface area contributed by atoms with Crippen molar-refractivity contribution in [2.45, 2.75) is 24.6 Å². The number of carboxylic acid groups (broad SMARTS) is 2. The Morgan fingerprint density at radius 3 is 2.50 bits per heavy atom. The van der Waals surface area contributed by atoms with Gasteiger partial charge in [0.05, 0.1) is 12.7 Å². The topological polar surface area (TPSA) is 130 Å². The zero-order chi connectivity index (χ0) is 12.3. The number of aliphatic hydroxyl groups is 2. The highest BCUT2D eigenvalue weighted by molar-refractivity contribution is 5.75. The molecule has 0 aromatic rings. The molecule has 1 rings (SSSR count). The molecule has 16 heavy (non-hydrogen) atoms. The molecule has 3 atom stereocenters. The van der Waals surface area contributed by atoms with Crippen LogP contribution in [0, 0.1) is 0 Å². The zero-order valence-electron chi connectivity index (χ0n) is 8.41. The van der Waals surface area contributed by atoms with Gasteiger partial charge in [-0.2, -0.15) is 0 Å². The minimum Gasteiger partial charge on any atom is -0.480 e. The van der Waals surface area contributed by atoms with Crippen LogP contribution < -0.4 is 5.43 Å². The van der Waals surface area contributed by atoms with Crippen LogP contribution in [0.5, 0.6) is 0 Å². The predicted octanol–water partition coefficient (Wildman–Crippen LogP) is -2.54. The van der Waals surface area contributed by atoms with E-state index >= 15 is 0 Å². The smallest absolute Gasteiger partial charge is 0.324 e. The molecule has 0 saturated carbocycles. The van der Waals surface area contributed by atoms with Gasteiger partial charge >= 0.3 is 11.9 Å². The third-order valence-corrected chi connectivity index (χ3v) is 2.37. The SMILES string of the molecule is O=C(O)[C@@H](CO)NN1CC(O)C[C@H]1C(=O)O. The highest BCUT2D eigenvalue weighted by Gasteiger charge is 2.37. The van der Waals surface area contributed by atoms with E-state index in [2.05, 4.69) is 5.43 Å². The number of carbonyl (C=O) groups is 2. The molecule has 0 radical (unpaired) electrons. The molecule has 1 unspecified atom stereocenters. The highest BCUT2D eigenvalue weighted by Crippen LogP contribution is 2.16.